The maximum Gasteiger partial charge on any atom is 0.257 e. The molecule has 28 heavy (non-hydrogen) atoms. The van der Waals surface area contributed by atoms with Gasteiger partial charge in [0.05, 0.1) is 15.9 Å². The maximum atomic E-state index is 12.5. The Morgan fingerprint density at radius 2 is 1.75 bits per heavy atom. The molecular weight excluding hydrogens is 374 g/mol. The standard InChI is InChI=1S/C21H19N3O3S/c1-12(2)14-5-8-16-17(11-14)28-21(22-16)23-20(27)13-3-6-15(7-4-13)24-18(25)9-10-19(24)26/h3-8,11-12H,9-10H2,1-2H3,(H,22,23,27). The van der Waals surface area contributed by atoms with Crippen LogP contribution in [-0.4, -0.2) is 22.7 Å². The van der Waals surface area contributed by atoms with Crippen LogP contribution in [0.15, 0.2) is 42.5 Å². The Morgan fingerprint density at radius 1 is 1.07 bits per heavy atom. The van der Waals surface area contributed by atoms with Crippen molar-refractivity contribution in [1.82, 2.24) is 4.98 Å². The van der Waals surface area contributed by atoms with Crippen molar-refractivity contribution in [3.05, 3.63) is 53.6 Å². The van der Waals surface area contributed by atoms with Crippen molar-refractivity contribution in [2.75, 3.05) is 10.2 Å². The van der Waals surface area contributed by atoms with Gasteiger partial charge in [0, 0.05) is 18.4 Å². The monoisotopic (exact) mass is 393 g/mol. The van der Waals surface area contributed by atoms with Crippen molar-refractivity contribution in [2.45, 2.75) is 32.6 Å². The molecule has 0 atom stereocenters. The first-order chi connectivity index (χ1) is 13.4. The molecular formula is C21H19N3O3S. The molecule has 0 unspecified atom stereocenters. The van der Waals surface area contributed by atoms with E-state index in [9.17, 15) is 14.4 Å². The number of anilines is 2. The number of carbonyl (C=O) groups excluding carboxylic acids is 3. The van der Waals surface area contributed by atoms with Crippen molar-refractivity contribution >= 4 is 50.1 Å². The summed E-state index contributed by atoms with van der Waals surface area (Å²) in [6.45, 7) is 4.27. The van der Waals surface area contributed by atoms with Gasteiger partial charge in [0.1, 0.15) is 0 Å². The van der Waals surface area contributed by atoms with E-state index in [1.165, 1.54) is 21.8 Å². The highest BCUT2D eigenvalue weighted by atomic mass is 32.1. The van der Waals surface area contributed by atoms with E-state index in [-0.39, 0.29) is 30.6 Å². The molecule has 1 aliphatic heterocycles. The second-order valence-corrected chi connectivity index (χ2v) is 8.06. The van der Waals surface area contributed by atoms with Crippen LogP contribution in [0.4, 0.5) is 10.8 Å². The third-order valence-corrected chi connectivity index (χ3v) is 5.67. The fourth-order valence-electron chi connectivity index (χ4n) is 3.15. The molecule has 2 aromatic carbocycles. The van der Waals surface area contributed by atoms with Crippen LogP contribution in [0, 0.1) is 0 Å². The summed E-state index contributed by atoms with van der Waals surface area (Å²) in [4.78, 5) is 41.8. The number of fused-ring (bicyclic) bond motifs is 1. The van der Waals surface area contributed by atoms with Crippen LogP contribution in [0.5, 0.6) is 0 Å². The van der Waals surface area contributed by atoms with Crippen LogP contribution >= 0.6 is 11.3 Å². The Labute approximate surface area is 166 Å². The molecule has 2 heterocycles. The summed E-state index contributed by atoms with van der Waals surface area (Å²) in [5, 5.41) is 3.36. The number of rotatable bonds is 4. The first-order valence-corrected chi connectivity index (χ1v) is 9.92. The van der Waals surface area contributed by atoms with Gasteiger partial charge in [-0.15, -0.1) is 0 Å². The van der Waals surface area contributed by atoms with Gasteiger partial charge < -0.3 is 0 Å². The molecule has 0 spiro atoms. The third kappa shape index (κ3) is 3.41. The van der Waals surface area contributed by atoms with Gasteiger partial charge in [-0.25, -0.2) is 4.98 Å². The van der Waals surface area contributed by atoms with E-state index in [4.69, 9.17) is 0 Å². The summed E-state index contributed by atoms with van der Waals surface area (Å²) in [5.41, 5.74) is 3.01. The summed E-state index contributed by atoms with van der Waals surface area (Å²) < 4.78 is 1.03. The second kappa shape index (κ2) is 7.16. The Hall–Kier alpha value is -3.06. The predicted octanol–water partition coefficient (Wildman–Crippen LogP) is 4.33. The van der Waals surface area contributed by atoms with Crippen LogP contribution in [-0.2, 0) is 9.59 Å². The van der Waals surface area contributed by atoms with Gasteiger partial charge in [0.15, 0.2) is 5.13 Å². The lowest BCUT2D eigenvalue weighted by atomic mass is 10.0. The van der Waals surface area contributed by atoms with Gasteiger partial charge in [0.2, 0.25) is 11.8 Å². The summed E-state index contributed by atoms with van der Waals surface area (Å²) in [5.74, 6) is -0.277. The van der Waals surface area contributed by atoms with Crippen LogP contribution < -0.4 is 10.2 Å². The average Bonchev–Trinajstić information content (AvgIpc) is 3.23. The first kappa shape index (κ1) is 18.3. The fraction of sp³-hybridized carbons (Fsp3) is 0.238. The zero-order valence-electron chi connectivity index (χ0n) is 15.6. The van der Waals surface area contributed by atoms with Crippen molar-refractivity contribution in [3.8, 4) is 0 Å². The van der Waals surface area contributed by atoms with Crippen molar-refractivity contribution < 1.29 is 14.4 Å². The second-order valence-electron chi connectivity index (χ2n) is 7.02. The Bertz CT molecular complexity index is 1070. The third-order valence-electron chi connectivity index (χ3n) is 4.74. The molecule has 1 aliphatic rings. The molecule has 0 aliphatic carbocycles. The summed E-state index contributed by atoms with van der Waals surface area (Å²) in [6.07, 6.45) is 0.467. The molecule has 0 saturated carbocycles. The van der Waals surface area contributed by atoms with E-state index in [1.807, 2.05) is 6.07 Å². The molecule has 3 aromatic rings. The minimum atomic E-state index is -0.284. The Kier molecular flexibility index (Phi) is 4.68. The largest absolute Gasteiger partial charge is 0.298 e. The number of imide groups is 1. The zero-order chi connectivity index (χ0) is 19.8. The average molecular weight is 393 g/mol. The normalized spacial score (nSPS) is 14.3. The SMILES string of the molecule is CC(C)c1ccc2nc(NC(=O)c3ccc(N4C(=O)CCC4=O)cc3)sc2c1. The van der Waals surface area contributed by atoms with Gasteiger partial charge >= 0.3 is 0 Å². The number of aromatic nitrogens is 1. The van der Waals surface area contributed by atoms with Gasteiger partial charge in [-0.3, -0.25) is 24.6 Å². The summed E-state index contributed by atoms with van der Waals surface area (Å²) in [6, 6.07) is 12.6. The van der Waals surface area contributed by atoms with Crippen LogP contribution in [0.3, 0.4) is 0 Å². The number of hydrogen-bond acceptors (Lipinski definition) is 5. The van der Waals surface area contributed by atoms with Gasteiger partial charge in [-0.05, 0) is 47.9 Å². The smallest absolute Gasteiger partial charge is 0.257 e. The topological polar surface area (TPSA) is 79.4 Å². The number of amides is 3. The molecule has 3 amide bonds. The molecule has 0 bridgehead atoms. The highest BCUT2D eigenvalue weighted by Crippen LogP contribution is 2.29. The van der Waals surface area contributed by atoms with Crippen molar-refractivity contribution in [3.63, 3.8) is 0 Å². The summed E-state index contributed by atoms with van der Waals surface area (Å²) >= 11 is 1.44. The number of nitrogens with one attached hydrogen (secondary N) is 1. The lowest BCUT2D eigenvalue weighted by Crippen LogP contribution is -2.28. The summed E-state index contributed by atoms with van der Waals surface area (Å²) in [7, 11) is 0. The first-order valence-electron chi connectivity index (χ1n) is 9.10. The molecule has 0 radical (unpaired) electrons. The predicted molar refractivity (Wildman–Crippen MR) is 110 cm³/mol. The fourth-order valence-corrected chi connectivity index (χ4v) is 4.06. The molecule has 1 fully saturated rings. The number of benzene rings is 2. The van der Waals surface area contributed by atoms with Gasteiger partial charge in [-0.1, -0.05) is 31.3 Å². The number of thiazole rings is 1. The number of nitrogens with zero attached hydrogens (tertiary/aromatic N) is 2. The highest BCUT2D eigenvalue weighted by molar-refractivity contribution is 7.22. The van der Waals surface area contributed by atoms with Crippen molar-refractivity contribution in [2.24, 2.45) is 0 Å². The van der Waals surface area contributed by atoms with Crippen molar-refractivity contribution in [1.29, 1.82) is 0 Å². The zero-order valence-corrected chi connectivity index (χ0v) is 16.4. The molecule has 142 valence electrons. The van der Waals surface area contributed by atoms with Crippen LogP contribution in [0.25, 0.3) is 10.2 Å². The lowest BCUT2D eigenvalue weighted by Gasteiger charge is -2.13. The highest BCUT2D eigenvalue weighted by Gasteiger charge is 2.30. The van der Waals surface area contributed by atoms with E-state index in [2.05, 4.69) is 36.3 Å². The lowest BCUT2D eigenvalue weighted by molar-refractivity contribution is -0.121. The molecule has 7 heteroatoms. The van der Waals surface area contributed by atoms with E-state index in [0.29, 0.717) is 22.3 Å². The van der Waals surface area contributed by atoms with E-state index in [1.54, 1.807) is 24.3 Å². The molecule has 1 aromatic heterocycles. The minimum absolute atomic E-state index is 0.211. The Balaban J connectivity index is 1.51. The van der Waals surface area contributed by atoms with E-state index >= 15 is 0 Å². The Morgan fingerprint density at radius 3 is 2.39 bits per heavy atom. The van der Waals surface area contributed by atoms with Crippen LogP contribution in [0.2, 0.25) is 0 Å². The van der Waals surface area contributed by atoms with Crippen LogP contribution in [0.1, 0.15) is 48.5 Å². The molecule has 1 N–H and O–H groups in total. The van der Waals surface area contributed by atoms with E-state index < -0.39 is 0 Å². The number of hydrogen-bond donors (Lipinski definition) is 1. The molecule has 6 nitrogen and oxygen atoms in total. The molecule has 4 rings (SSSR count). The van der Waals surface area contributed by atoms with E-state index in [0.717, 1.165) is 10.2 Å². The minimum Gasteiger partial charge on any atom is -0.298 e. The molecule has 1 saturated heterocycles. The maximum absolute atomic E-state index is 12.5. The quantitative estimate of drug-likeness (QED) is 0.669. The van der Waals surface area contributed by atoms with Gasteiger partial charge in [-0.2, -0.15) is 0 Å². The van der Waals surface area contributed by atoms with Gasteiger partial charge in [0.25, 0.3) is 5.91 Å². The number of carbonyl (C=O) groups is 3.